The number of carbonyl (C=O) groups excluding carboxylic acids is 1. The third kappa shape index (κ3) is 1.65. The Morgan fingerprint density at radius 2 is 2.43 bits per heavy atom. The van der Waals surface area contributed by atoms with Crippen molar-refractivity contribution in [2.75, 3.05) is 0 Å². The molecule has 2 rings (SSSR count). The van der Waals surface area contributed by atoms with Crippen LogP contribution in [0.3, 0.4) is 0 Å². The van der Waals surface area contributed by atoms with Gasteiger partial charge in [-0.05, 0) is 5.21 Å². The van der Waals surface area contributed by atoms with Gasteiger partial charge < -0.3 is 4.57 Å². The predicted octanol–water partition coefficient (Wildman–Crippen LogP) is -0.733. The summed E-state index contributed by atoms with van der Waals surface area (Å²) < 4.78 is 1.72. The zero-order valence-corrected chi connectivity index (χ0v) is 7.53. The van der Waals surface area contributed by atoms with Crippen LogP contribution in [0, 0.1) is 0 Å². The third-order valence-corrected chi connectivity index (χ3v) is 1.65. The molecule has 2 aromatic heterocycles. The number of nitrogens with zero attached hydrogens (tertiary/aromatic N) is 6. The van der Waals surface area contributed by atoms with Crippen molar-refractivity contribution in [1.29, 1.82) is 0 Å². The molecule has 7 nitrogen and oxygen atoms in total. The molecule has 0 fully saturated rings. The summed E-state index contributed by atoms with van der Waals surface area (Å²) >= 11 is 0. The van der Waals surface area contributed by atoms with Crippen molar-refractivity contribution in [2.45, 2.75) is 6.54 Å². The van der Waals surface area contributed by atoms with Crippen LogP contribution in [0.1, 0.15) is 16.3 Å². The first kappa shape index (κ1) is 8.54. The van der Waals surface area contributed by atoms with Crippen LogP contribution >= 0.6 is 0 Å². The second kappa shape index (κ2) is 3.36. The second-order valence-electron chi connectivity index (χ2n) is 2.78. The number of aldehydes is 1. The normalized spacial score (nSPS) is 10.4. The number of imidazole rings is 1. The summed E-state index contributed by atoms with van der Waals surface area (Å²) in [6.45, 7) is 0.467. The first-order chi connectivity index (χ1) is 6.78. The van der Waals surface area contributed by atoms with E-state index in [2.05, 4.69) is 20.4 Å². The highest BCUT2D eigenvalue weighted by Gasteiger charge is 2.02. The maximum absolute atomic E-state index is 10.4. The topological polar surface area (TPSA) is 78.5 Å². The monoisotopic (exact) mass is 192 g/mol. The van der Waals surface area contributed by atoms with Crippen molar-refractivity contribution in [3.05, 3.63) is 24.0 Å². The fourth-order valence-electron chi connectivity index (χ4n) is 1.07. The first-order valence-corrected chi connectivity index (χ1v) is 3.98. The molecule has 2 aromatic rings. The molecule has 0 aliphatic rings. The fraction of sp³-hybridized carbons (Fsp3) is 0.286. The number of hydrogen-bond acceptors (Lipinski definition) is 5. The largest absolute Gasteiger partial charge is 0.329 e. The molecule has 0 radical (unpaired) electrons. The Balaban J connectivity index is 2.14. The van der Waals surface area contributed by atoms with Crippen LogP contribution in [0.25, 0.3) is 0 Å². The van der Waals surface area contributed by atoms with Gasteiger partial charge in [0.05, 0.1) is 19.9 Å². The van der Waals surface area contributed by atoms with Crippen molar-refractivity contribution >= 4 is 6.29 Å². The van der Waals surface area contributed by atoms with E-state index >= 15 is 0 Å². The van der Waals surface area contributed by atoms with Gasteiger partial charge in [-0.1, -0.05) is 0 Å². The van der Waals surface area contributed by atoms with Crippen LogP contribution in [0.2, 0.25) is 0 Å². The van der Waals surface area contributed by atoms with Gasteiger partial charge in [0, 0.05) is 6.20 Å². The van der Waals surface area contributed by atoms with Crippen molar-refractivity contribution in [2.24, 2.45) is 7.05 Å². The van der Waals surface area contributed by atoms with E-state index in [9.17, 15) is 4.79 Å². The number of tetrazole rings is 1. The summed E-state index contributed by atoms with van der Waals surface area (Å²) in [6, 6.07) is 0. The van der Waals surface area contributed by atoms with Crippen LogP contribution in [-0.2, 0) is 13.6 Å². The molecule has 0 aliphatic carbocycles. The lowest BCUT2D eigenvalue weighted by molar-refractivity contribution is 0.111. The van der Waals surface area contributed by atoms with Gasteiger partial charge in [-0.15, -0.1) is 10.2 Å². The molecule has 2 heterocycles. The van der Waals surface area contributed by atoms with E-state index in [4.69, 9.17) is 0 Å². The molecule has 0 bridgehead atoms. The minimum Gasteiger partial charge on any atom is -0.329 e. The average molecular weight is 192 g/mol. The van der Waals surface area contributed by atoms with E-state index in [0.29, 0.717) is 24.3 Å². The summed E-state index contributed by atoms with van der Waals surface area (Å²) in [7, 11) is 1.70. The van der Waals surface area contributed by atoms with Crippen LogP contribution in [0.15, 0.2) is 12.5 Å². The number of aromatic nitrogens is 6. The van der Waals surface area contributed by atoms with E-state index < -0.39 is 0 Å². The molecular weight excluding hydrogens is 184 g/mol. The zero-order chi connectivity index (χ0) is 9.97. The molecule has 0 atom stereocenters. The van der Waals surface area contributed by atoms with E-state index in [1.54, 1.807) is 24.1 Å². The number of carbonyl (C=O) groups is 1. The smallest absolute Gasteiger partial charge is 0.194 e. The van der Waals surface area contributed by atoms with Gasteiger partial charge in [0.25, 0.3) is 0 Å². The number of aryl methyl sites for hydroxylation is 1. The van der Waals surface area contributed by atoms with E-state index in [-0.39, 0.29) is 0 Å². The van der Waals surface area contributed by atoms with Gasteiger partial charge in [-0.3, -0.25) is 4.79 Å². The molecule has 0 saturated carbocycles. The highest BCUT2D eigenvalue weighted by atomic mass is 16.1. The molecule has 0 spiro atoms. The minimum absolute atomic E-state index is 0.397. The molecule has 7 heteroatoms. The van der Waals surface area contributed by atoms with Crippen molar-refractivity contribution in [1.82, 2.24) is 29.8 Å². The molecule has 0 aliphatic heterocycles. The molecule has 0 unspecified atom stereocenters. The highest BCUT2D eigenvalue weighted by Crippen LogP contribution is 1.96. The summed E-state index contributed by atoms with van der Waals surface area (Å²) in [6.07, 6.45) is 3.88. The van der Waals surface area contributed by atoms with Crippen LogP contribution in [0.5, 0.6) is 0 Å². The first-order valence-electron chi connectivity index (χ1n) is 3.98. The van der Waals surface area contributed by atoms with Crippen LogP contribution < -0.4 is 0 Å². The second-order valence-corrected chi connectivity index (χ2v) is 2.78. The number of hydrogen-bond donors (Lipinski definition) is 0. The van der Waals surface area contributed by atoms with Crippen molar-refractivity contribution in [3.8, 4) is 0 Å². The van der Waals surface area contributed by atoms with E-state index in [1.165, 1.54) is 4.80 Å². The highest BCUT2D eigenvalue weighted by molar-refractivity contribution is 5.70. The Kier molecular flexibility index (Phi) is 2.05. The van der Waals surface area contributed by atoms with Gasteiger partial charge in [0.15, 0.2) is 12.1 Å². The van der Waals surface area contributed by atoms with Crippen molar-refractivity contribution < 1.29 is 4.79 Å². The summed E-state index contributed by atoms with van der Waals surface area (Å²) in [5, 5.41) is 11.5. The lowest BCUT2D eigenvalue weighted by Gasteiger charge is -1.93. The molecule has 0 saturated heterocycles. The van der Waals surface area contributed by atoms with E-state index in [0.717, 1.165) is 0 Å². The SMILES string of the molecule is Cn1nnc(Cn2cnc(C=O)c2)n1. The summed E-state index contributed by atoms with van der Waals surface area (Å²) in [4.78, 5) is 15.6. The zero-order valence-electron chi connectivity index (χ0n) is 7.53. The van der Waals surface area contributed by atoms with Gasteiger partial charge in [0.1, 0.15) is 5.69 Å². The molecule has 72 valence electrons. The minimum atomic E-state index is 0.397. The Morgan fingerprint density at radius 3 is 3.00 bits per heavy atom. The van der Waals surface area contributed by atoms with E-state index in [1.807, 2.05) is 0 Å². The summed E-state index contributed by atoms with van der Waals surface area (Å²) in [5.41, 5.74) is 0.397. The average Bonchev–Trinajstić information content (AvgIpc) is 2.76. The standard InChI is InChI=1S/C7H8N6O/c1-12-10-7(9-11-12)3-13-2-6(4-14)8-5-13/h2,4-5H,3H2,1H3. The number of rotatable bonds is 3. The molecule has 0 amide bonds. The fourth-order valence-corrected chi connectivity index (χ4v) is 1.07. The Labute approximate surface area is 79.4 Å². The Hall–Kier alpha value is -2.05. The van der Waals surface area contributed by atoms with Gasteiger partial charge in [0.2, 0.25) is 0 Å². The van der Waals surface area contributed by atoms with Crippen molar-refractivity contribution in [3.63, 3.8) is 0 Å². The Morgan fingerprint density at radius 1 is 1.57 bits per heavy atom. The summed E-state index contributed by atoms with van der Waals surface area (Å²) in [5.74, 6) is 0.586. The van der Waals surface area contributed by atoms with Gasteiger partial charge in [-0.2, -0.15) is 4.80 Å². The van der Waals surface area contributed by atoms with Gasteiger partial charge in [-0.25, -0.2) is 4.98 Å². The van der Waals surface area contributed by atoms with Gasteiger partial charge >= 0.3 is 0 Å². The molecule has 0 N–H and O–H groups in total. The van der Waals surface area contributed by atoms with Crippen LogP contribution in [-0.4, -0.2) is 36.0 Å². The maximum Gasteiger partial charge on any atom is 0.194 e. The maximum atomic E-state index is 10.4. The lowest BCUT2D eigenvalue weighted by atomic mass is 10.5. The quantitative estimate of drug-likeness (QED) is 0.599. The lowest BCUT2D eigenvalue weighted by Crippen LogP contribution is -1.99. The molecule has 14 heavy (non-hydrogen) atoms. The molecular formula is C7H8N6O. The Bertz CT molecular complexity index is 444. The molecule has 0 aromatic carbocycles. The predicted molar refractivity (Wildman–Crippen MR) is 45.5 cm³/mol. The third-order valence-electron chi connectivity index (χ3n) is 1.65. The van der Waals surface area contributed by atoms with Crippen LogP contribution in [0.4, 0.5) is 0 Å².